The van der Waals surface area contributed by atoms with Crippen molar-refractivity contribution in [3.63, 3.8) is 0 Å². The van der Waals surface area contributed by atoms with Crippen LogP contribution in [0.1, 0.15) is 11.6 Å². The molecule has 1 atom stereocenters. The molecule has 0 aliphatic rings. The van der Waals surface area contributed by atoms with Crippen LogP contribution >= 0.6 is 11.6 Å². The summed E-state index contributed by atoms with van der Waals surface area (Å²) in [5.74, 6) is -1.45. The summed E-state index contributed by atoms with van der Waals surface area (Å²) in [5.41, 5.74) is -1.27. The molecule has 0 saturated carbocycles. The predicted molar refractivity (Wildman–Crippen MR) is 82.2 cm³/mol. The first-order valence-corrected chi connectivity index (χ1v) is 8.48. The van der Waals surface area contributed by atoms with Gasteiger partial charge in [0.15, 0.2) is 0 Å². The number of aryl methyl sites for hydroxylation is 1. The van der Waals surface area contributed by atoms with Gasteiger partial charge in [-0.15, -0.1) is 0 Å². The Labute approximate surface area is 144 Å². The number of benzene rings is 1. The van der Waals surface area contributed by atoms with Gasteiger partial charge in [-0.05, 0) is 17.7 Å². The van der Waals surface area contributed by atoms with E-state index in [1.165, 1.54) is 4.72 Å². The molecule has 0 fully saturated rings. The van der Waals surface area contributed by atoms with E-state index < -0.39 is 44.1 Å². The molecule has 11 heteroatoms. The second-order valence-electron chi connectivity index (χ2n) is 5.08. The average molecular weight is 399 g/mol. The lowest BCUT2D eigenvalue weighted by molar-refractivity contribution is -0.153. The Balaban J connectivity index is 2.50. The number of sulfonamides is 1. The predicted octanol–water partition coefficient (Wildman–Crippen LogP) is 2.76. The largest absolute Gasteiger partial charge is 0.408 e. The number of nitrogens with one attached hydrogen (secondary N) is 1. The Morgan fingerprint density at radius 3 is 2.28 bits per heavy atom. The van der Waals surface area contributed by atoms with Gasteiger partial charge in [0, 0.05) is 24.3 Å². The molecule has 1 unspecified atom stereocenters. The molecule has 25 heavy (non-hydrogen) atoms. The number of pyridine rings is 1. The molecule has 0 bridgehead atoms. The van der Waals surface area contributed by atoms with Crippen LogP contribution in [0.15, 0.2) is 46.2 Å². The number of alkyl halides is 3. The summed E-state index contributed by atoms with van der Waals surface area (Å²) in [4.78, 5) is 10.2. The molecule has 1 aromatic heterocycles. The van der Waals surface area contributed by atoms with Crippen LogP contribution in [-0.2, 0) is 17.1 Å². The Bertz CT molecular complexity index is 940. The highest BCUT2D eigenvalue weighted by atomic mass is 35.5. The van der Waals surface area contributed by atoms with Gasteiger partial charge in [0.1, 0.15) is 16.8 Å². The molecule has 0 saturated heterocycles. The third-order valence-corrected chi connectivity index (χ3v) is 4.91. The van der Waals surface area contributed by atoms with Crippen molar-refractivity contribution < 1.29 is 26.0 Å². The first-order chi connectivity index (χ1) is 11.4. The van der Waals surface area contributed by atoms with Gasteiger partial charge in [-0.1, -0.05) is 23.7 Å². The maximum atomic E-state index is 13.8. The Kier molecular flexibility index (Phi) is 5.26. The third kappa shape index (κ3) is 4.39. The zero-order valence-electron chi connectivity index (χ0n) is 12.5. The maximum Gasteiger partial charge on any atom is 0.408 e. The molecule has 1 heterocycles. The molecule has 0 aliphatic carbocycles. The molecule has 0 amide bonds. The van der Waals surface area contributed by atoms with E-state index in [4.69, 9.17) is 11.6 Å². The summed E-state index contributed by atoms with van der Waals surface area (Å²) in [5, 5.41) is 0.164. The van der Waals surface area contributed by atoms with Crippen LogP contribution in [0.4, 0.5) is 17.6 Å². The number of halogens is 5. The van der Waals surface area contributed by atoms with Crippen LogP contribution in [0.2, 0.25) is 5.02 Å². The Hall–Kier alpha value is -1.91. The molecule has 5 nitrogen and oxygen atoms in total. The van der Waals surface area contributed by atoms with Crippen molar-refractivity contribution in [3.8, 4) is 0 Å². The van der Waals surface area contributed by atoms with Crippen LogP contribution in [0.25, 0.3) is 0 Å². The van der Waals surface area contributed by atoms with Crippen LogP contribution in [0.5, 0.6) is 0 Å². The highest BCUT2D eigenvalue weighted by Crippen LogP contribution is 2.34. The average Bonchev–Trinajstić information content (AvgIpc) is 2.48. The lowest BCUT2D eigenvalue weighted by Gasteiger charge is -2.22. The van der Waals surface area contributed by atoms with E-state index in [-0.39, 0.29) is 5.02 Å². The van der Waals surface area contributed by atoms with E-state index in [0.717, 1.165) is 35.9 Å². The van der Waals surface area contributed by atoms with Gasteiger partial charge in [-0.3, -0.25) is 4.79 Å². The number of aromatic nitrogens is 1. The second kappa shape index (κ2) is 6.77. The van der Waals surface area contributed by atoms with Crippen molar-refractivity contribution in [2.45, 2.75) is 17.1 Å². The first kappa shape index (κ1) is 19.4. The van der Waals surface area contributed by atoms with E-state index in [2.05, 4.69) is 0 Å². The van der Waals surface area contributed by atoms with Gasteiger partial charge < -0.3 is 4.57 Å². The summed E-state index contributed by atoms with van der Waals surface area (Å²) >= 11 is 5.61. The zero-order chi connectivity index (χ0) is 19.0. The minimum absolute atomic E-state index is 0.164. The van der Waals surface area contributed by atoms with Crippen LogP contribution < -0.4 is 10.3 Å². The zero-order valence-corrected chi connectivity index (χ0v) is 14.1. The summed E-state index contributed by atoms with van der Waals surface area (Å²) in [7, 11) is -3.77. The number of hydrogen-bond donors (Lipinski definition) is 1. The van der Waals surface area contributed by atoms with Gasteiger partial charge in [0.05, 0.1) is 0 Å². The van der Waals surface area contributed by atoms with Gasteiger partial charge in [-0.25, -0.2) is 12.8 Å². The lowest BCUT2D eigenvalue weighted by Crippen LogP contribution is -2.38. The van der Waals surface area contributed by atoms with Gasteiger partial charge in [-0.2, -0.15) is 17.9 Å². The fraction of sp³-hybridized carbons (Fsp3) is 0.214. The standard InChI is InChI=1S/C14H11ClF4N2O3S/c1-21-7-11(10(16)6-12(21)22)25(23,24)20-13(14(17,18)19)8-2-4-9(15)5-3-8/h2-7,13,20H,1H3. The van der Waals surface area contributed by atoms with Crippen molar-refractivity contribution >= 4 is 21.6 Å². The minimum Gasteiger partial charge on any atom is -0.317 e. The Morgan fingerprint density at radius 2 is 1.76 bits per heavy atom. The fourth-order valence-electron chi connectivity index (χ4n) is 1.98. The van der Waals surface area contributed by atoms with Crippen LogP contribution in [0.3, 0.4) is 0 Å². The van der Waals surface area contributed by atoms with E-state index in [0.29, 0.717) is 12.3 Å². The monoisotopic (exact) mass is 398 g/mol. The van der Waals surface area contributed by atoms with Gasteiger partial charge >= 0.3 is 6.18 Å². The highest BCUT2D eigenvalue weighted by molar-refractivity contribution is 7.89. The van der Waals surface area contributed by atoms with Crippen molar-refractivity contribution in [3.05, 3.63) is 63.3 Å². The summed E-state index contributed by atoms with van der Waals surface area (Å²) in [6.07, 6.45) is -4.38. The van der Waals surface area contributed by atoms with Crippen molar-refractivity contribution in [2.24, 2.45) is 7.05 Å². The molecule has 1 aromatic carbocycles. The fourth-order valence-corrected chi connectivity index (χ4v) is 3.42. The molecular formula is C14H11ClF4N2O3S. The molecule has 0 spiro atoms. The van der Waals surface area contributed by atoms with E-state index in [1.807, 2.05) is 0 Å². The van der Waals surface area contributed by atoms with Crippen molar-refractivity contribution in [2.75, 3.05) is 0 Å². The molecule has 1 N–H and O–H groups in total. The summed E-state index contributed by atoms with van der Waals surface area (Å²) in [6.45, 7) is 0. The van der Waals surface area contributed by atoms with Crippen molar-refractivity contribution in [1.82, 2.24) is 9.29 Å². The van der Waals surface area contributed by atoms with Crippen LogP contribution in [0, 0.1) is 5.82 Å². The molecule has 0 radical (unpaired) electrons. The SMILES string of the molecule is Cn1cc(S(=O)(=O)NC(c2ccc(Cl)cc2)C(F)(F)F)c(F)cc1=O. The normalized spacial score (nSPS) is 13.7. The smallest absolute Gasteiger partial charge is 0.317 e. The summed E-state index contributed by atoms with van der Waals surface area (Å²) in [6, 6.07) is 2.08. The molecule has 2 aromatic rings. The quantitative estimate of drug-likeness (QED) is 0.805. The molecule has 2 rings (SSSR count). The number of rotatable bonds is 4. The lowest BCUT2D eigenvalue weighted by atomic mass is 10.1. The molecule has 0 aliphatic heterocycles. The highest BCUT2D eigenvalue weighted by Gasteiger charge is 2.44. The number of hydrogen-bond acceptors (Lipinski definition) is 3. The van der Waals surface area contributed by atoms with E-state index in [1.54, 1.807) is 0 Å². The van der Waals surface area contributed by atoms with E-state index in [9.17, 15) is 30.8 Å². The third-order valence-electron chi connectivity index (χ3n) is 3.24. The first-order valence-electron chi connectivity index (χ1n) is 6.62. The van der Waals surface area contributed by atoms with E-state index >= 15 is 0 Å². The summed E-state index contributed by atoms with van der Waals surface area (Å²) < 4.78 is 80.3. The van der Waals surface area contributed by atoms with Gasteiger partial charge in [0.25, 0.3) is 5.56 Å². The second-order valence-corrected chi connectivity index (χ2v) is 7.20. The Morgan fingerprint density at radius 1 is 1.20 bits per heavy atom. The number of nitrogens with zero attached hydrogens (tertiary/aromatic N) is 1. The van der Waals surface area contributed by atoms with Gasteiger partial charge in [0.2, 0.25) is 10.0 Å². The van der Waals surface area contributed by atoms with Crippen LogP contribution in [-0.4, -0.2) is 19.2 Å². The molecular weight excluding hydrogens is 388 g/mol. The molecule has 136 valence electrons. The maximum absolute atomic E-state index is 13.8. The topological polar surface area (TPSA) is 68.2 Å². The minimum atomic E-state index is -4.99. The van der Waals surface area contributed by atoms with Crippen molar-refractivity contribution in [1.29, 1.82) is 0 Å².